The Kier molecular flexibility index (Phi) is 4.23. The van der Waals surface area contributed by atoms with Gasteiger partial charge in [-0.05, 0) is 0 Å². The third-order valence-corrected chi connectivity index (χ3v) is 4.62. The number of hydrogen-bond acceptors (Lipinski definition) is 11. The zero-order chi connectivity index (χ0) is 17.6. The predicted molar refractivity (Wildman–Crippen MR) is 87.6 cm³/mol. The minimum absolute atomic E-state index is 0.0872. The molecule has 1 aromatic heterocycles. The number of fused-ring (bicyclic) bond motifs is 1. The molecule has 0 amide bonds. The number of nitrogen functional groups attached to an aromatic ring is 1. The molecule has 2 aliphatic rings. The number of phosphoric ester groups is 1. The minimum atomic E-state index is -4.93. The summed E-state index contributed by atoms with van der Waals surface area (Å²) in [6.07, 6.45) is -0.982. The Balaban J connectivity index is 1.91. The van der Waals surface area contributed by atoms with Crippen molar-refractivity contribution >= 4 is 50.5 Å². The molecule has 0 fully saturated rings. The molecule has 2 unspecified atom stereocenters. The molecule has 0 aliphatic carbocycles. The quantitative estimate of drug-likeness (QED) is 0.210. The lowest BCUT2D eigenvalue weighted by molar-refractivity contribution is -0.221. The van der Waals surface area contributed by atoms with E-state index in [1.54, 1.807) is 0 Å². The number of ether oxygens (including phenoxy) is 1. The zero-order valence-corrected chi connectivity index (χ0v) is 14.2. The molecule has 11 nitrogen and oxygen atoms in total. The summed E-state index contributed by atoms with van der Waals surface area (Å²) in [5.74, 6) is 0.0937. The van der Waals surface area contributed by atoms with Crippen LogP contribution in [0, 0.1) is 0 Å². The standard InChI is InChI=1S/C10H12N5O6PS2/c11-10-14-7-4(8(16)15-10)12-3-6(24)5(23)2(21-9(3)13-7)1-20-22(17,18)19/h2,12,23-24H,1H2,(H2,17,18,19)(H4,11,13,14,15,16)/p-2. The summed E-state index contributed by atoms with van der Waals surface area (Å²) in [6, 6.07) is 0. The molecule has 2 aliphatic heterocycles. The molecule has 3 rings (SSSR count). The number of thiol groups is 1. The molecule has 2 atom stereocenters. The highest BCUT2D eigenvalue weighted by atomic mass is 32.1. The number of H-pyrrole nitrogens is 1. The van der Waals surface area contributed by atoms with Crippen LogP contribution in [0.15, 0.2) is 26.2 Å². The molecule has 0 saturated heterocycles. The lowest BCUT2D eigenvalue weighted by Crippen LogP contribution is -2.34. The van der Waals surface area contributed by atoms with E-state index in [0.717, 1.165) is 0 Å². The first-order chi connectivity index (χ1) is 11.2. The van der Waals surface area contributed by atoms with Gasteiger partial charge in [0.15, 0.2) is 11.9 Å². The fraction of sp³-hybridized carbons (Fsp3) is 0.200. The highest BCUT2D eigenvalue weighted by molar-refractivity contribution is 7.85. The molecule has 1 aromatic rings. The first-order valence-corrected chi connectivity index (χ1v) is 8.64. The van der Waals surface area contributed by atoms with Crippen LogP contribution in [0.3, 0.4) is 0 Å². The van der Waals surface area contributed by atoms with E-state index >= 15 is 0 Å². The van der Waals surface area contributed by atoms with Crippen LogP contribution in [0.4, 0.5) is 17.5 Å². The maximum atomic E-state index is 11.9. The number of nitrogens with one attached hydrogen (secondary N) is 3. The van der Waals surface area contributed by atoms with Crippen molar-refractivity contribution in [3.63, 3.8) is 0 Å². The molecule has 0 aromatic carbocycles. The van der Waals surface area contributed by atoms with Crippen molar-refractivity contribution in [3.8, 4) is 0 Å². The van der Waals surface area contributed by atoms with Gasteiger partial charge in [-0.25, -0.2) is 0 Å². The topological polar surface area (TPSA) is 175 Å². The van der Waals surface area contributed by atoms with Gasteiger partial charge < -0.3 is 48.0 Å². The van der Waals surface area contributed by atoms with E-state index in [-0.39, 0.29) is 38.8 Å². The molecule has 3 heterocycles. The third kappa shape index (κ3) is 3.22. The normalized spacial score (nSPS) is 21.9. The highest BCUT2D eigenvalue weighted by Crippen LogP contribution is 2.38. The summed E-state index contributed by atoms with van der Waals surface area (Å²) in [5.41, 5.74) is 5.30. The van der Waals surface area contributed by atoms with E-state index in [9.17, 15) is 14.3 Å². The van der Waals surface area contributed by atoms with Gasteiger partial charge in [0.25, 0.3) is 13.4 Å². The van der Waals surface area contributed by atoms with Gasteiger partial charge in [0.1, 0.15) is 5.69 Å². The van der Waals surface area contributed by atoms with Gasteiger partial charge in [-0.15, -0.1) is 17.5 Å². The van der Waals surface area contributed by atoms with E-state index in [1.165, 1.54) is 0 Å². The average molecular weight is 391 g/mol. The van der Waals surface area contributed by atoms with E-state index in [4.69, 9.17) is 28.0 Å². The lowest BCUT2D eigenvalue weighted by atomic mass is 10.2. The molecular weight excluding hydrogens is 381 g/mol. The van der Waals surface area contributed by atoms with Gasteiger partial charge >= 0.3 is 0 Å². The second kappa shape index (κ2) is 5.95. The van der Waals surface area contributed by atoms with Gasteiger partial charge in [-0.2, -0.15) is 4.98 Å². The summed E-state index contributed by atoms with van der Waals surface area (Å²) in [4.78, 5) is 37.9. The Morgan fingerprint density at radius 3 is 2.92 bits per heavy atom. The number of hydrogen-bond donors (Lipinski definition) is 6. The fourth-order valence-corrected chi connectivity index (χ4v) is 2.88. The molecule has 0 bridgehead atoms. The van der Waals surface area contributed by atoms with Crippen molar-refractivity contribution in [2.24, 2.45) is 0 Å². The molecule has 0 spiro atoms. The van der Waals surface area contributed by atoms with Gasteiger partial charge in [-0.3, -0.25) is 14.3 Å². The maximum absolute atomic E-state index is 11.9. The van der Waals surface area contributed by atoms with Crippen molar-refractivity contribution in [2.45, 2.75) is 6.10 Å². The van der Waals surface area contributed by atoms with Crippen molar-refractivity contribution in [3.05, 3.63) is 31.7 Å². The van der Waals surface area contributed by atoms with Crippen LogP contribution in [-0.2, 0) is 26.5 Å². The van der Waals surface area contributed by atoms with E-state index < -0.39 is 26.1 Å². The van der Waals surface area contributed by atoms with Crippen LogP contribution < -0.4 is 26.8 Å². The summed E-state index contributed by atoms with van der Waals surface area (Å²) in [7, 11) is -4.93. The number of nitrogens with two attached hydrogens (primary N) is 1. The Labute approximate surface area is 145 Å². The second-order valence-corrected chi connectivity index (χ2v) is 6.80. The van der Waals surface area contributed by atoms with Crippen molar-refractivity contribution in [2.75, 3.05) is 23.0 Å². The highest BCUT2D eigenvalue weighted by Gasteiger charge is 2.30. The predicted octanol–water partition coefficient (Wildman–Crippen LogP) is -1.08. The van der Waals surface area contributed by atoms with E-state index in [2.05, 4.69) is 37.8 Å². The van der Waals surface area contributed by atoms with Crippen LogP contribution in [0.25, 0.3) is 0 Å². The molecule has 0 saturated carbocycles. The van der Waals surface area contributed by atoms with Crippen molar-refractivity contribution in [1.82, 2.24) is 9.97 Å². The van der Waals surface area contributed by atoms with Gasteiger partial charge in [0.05, 0.1) is 12.3 Å². The molecule has 24 heavy (non-hydrogen) atoms. The van der Waals surface area contributed by atoms with Gasteiger partial charge in [0, 0.05) is 4.91 Å². The smallest absolute Gasteiger partial charge is 0.278 e. The number of aromatic nitrogens is 2. The average Bonchev–Trinajstić information content (AvgIpc) is 2.47. The summed E-state index contributed by atoms with van der Waals surface area (Å²) >= 11 is 9.42. The van der Waals surface area contributed by atoms with E-state index in [0.29, 0.717) is 0 Å². The van der Waals surface area contributed by atoms with E-state index in [1.807, 2.05) is 0 Å². The first-order valence-electron chi connectivity index (χ1n) is 6.29. The van der Waals surface area contributed by atoms with Crippen molar-refractivity contribution in [1.29, 1.82) is 0 Å². The molecule has 130 valence electrons. The number of aromatic amines is 1. The molecule has 14 heteroatoms. The lowest BCUT2D eigenvalue weighted by Gasteiger charge is -2.37. The van der Waals surface area contributed by atoms with Crippen LogP contribution in [-0.4, -0.2) is 27.6 Å². The number of phosphoric acid groups is 1. The Morgan fingerprint density at radius 2 is 2.25 bits per heavy atom. The Bertz CT molecular complexity index is 877. The van der Waals surface area contributed by atoms with Crippen LogP contribution in [0.1, 0.15) is 0 Å². The zero-order valence-electron chi connectivity index (χ0n) is 11.6. The second-order valence-electron chi connectivity index (χ2n) is 4.71. The Morgan fingerprint density at radius 1 is 1.54 bits per heavy atom. The number of rotatable bonds is 3. The van der Waals surface area contributed by atoms with Crippen LogP contribution >= 0.6 is 20.5 Å². The summed E-state index contributed by atoms with van der Waals surface area (Å²) in [6.45, 7) is -0.535. The minimum Gasteiger partial charge on any atom is -0.777 e. The van der Waals surface area contributed by atoms with Gasteiger partial charge in [0.2, 0.25) is 11.8 Å². The van der Waals surface area contributed by atoms with Gasteiger partial charge in [-0.1, -0.05) is 0 Å². The van der Waals surface area contributed by atoms with Crippen LogP contribution in [0.5, 0.6) is 0 Å². The Hall–Kier alpha value is -1.76. The number of anilines is 3. The SMILES string of the molecule is Nc1nc2c(c(=O)[nH]1)NC1=C(N2)OC(COP(=O)([O-])O)C(S)=C1[S-]. The largest absolute Gasteiger partial charge is 0.777 e. The third-order valence-electron chi connectivity index (χ3n) is 3.06. The number of nitrogens with zero attached hydrogens (tertiary/aromatic N) is 1. The van der Waals surface area contributed by atoms with Crippen LogP contribution in [0.2, 0.25) is 0 Å². The summed E-state index contributed by atoms with van der Waals surface area (Å²) < 4.78 is 20.6. The first kappa shape index (κ1) is 17.1. The van der Waals surface area contributed by atoms with Crippen molar-refractivity contribution < 1.29 is 23.6 Å². The molecule has 0 radical (unpaired) electrons. The molecule has 6 N–H and O–H groups in total. The maximum Gasteiger partial charge on any atom is 0.278 e. The summed E-state index contributed by atoms with van der Waals surface area (Å²) in [5, 5.41) is 5.52. The monoisotopic (exact) mass is 391 g/mol. The fourth-order valence-electron chi connectivity index (χ4n) is 2.04. The molecular formula is C10H10N5O6PS2-2.